The molecule has 1 N–H and O–H groups in total. The van der Waals surface area contributed by atoms with Crippen molar-refractivity contribution < 1.29 is 4.74 Å². The van der Waals surface area contributed by atoms with Gasteiger partial charge in [-0.25, -0.2) is 0 Å². The summed E-state index contributed by atoms with van der Waals surface area (Å²) in [5.74, 6) is 0. The summed E-state index contributed by atoms with van der Waals surface area (Å²) in [6.45, 7) is 7.34. The molecule has 1 unspecified atom stereocenters. The third-order valence-corrected chi connectivity index (χ3v) is 2.47. The van der Waals surface area contributed by atoms with E-state index < -0.39 is 0 Å². The summed E-state index contributed by atoms with van der Waals surface area (Å²) in [4.78, 5) is 2.51. The van der Waals surface area contributed by atoms with Crippen molar-refractivity contribution >= 4 is 0 Å². The summed E-state index contributed by atoms with van der Waals surface area (Å²) in [7, 11) is 2.02. The number of hydrogen-bond acceptors (Lipinski definition) is 3. The molecule has 0 aromatic heterocycles. The minimum atomic E-state index is 0.693. The Labute approximate surface area is 75.1 Å². The molecule has 0 radical (unpaired) electrons. The Morgan fingerprint density at radius 1 is 1.42 bits per heavy atom. The van der Waals surface area contributed by atoms with Crippen LogP contribution in [0.2, 0.25) is 0 Å². The zero-order chi connectivity index (χ0) is 8.81. The average Bonchev–Trinajstić information content (AvgIpc) is 2.15. The van der Waals surface area contributed by atoms with E-state index in [9.17, 15) is 0 Å². The first kappa shape index (κ1) is 9.96. The molecule has 1 atom stereocenters. The molecule has 1 saturated heterocycles. The van der Waals surface area contributed by atoms with Gasteiger partial charge in [0.1, 0.15) is 0 Å². The van der Waals surface area contributed by atoms with Gasteiger partial charge >= 0.3 is 0 Å². The molecular weight excluding hydrogens is 152 g/mol. The van der Waals surface area contributed by atoms with Crippen LogP contribution in [0.3, 0.4) is 0 Å². The summed E-state index contributed by atoms with van der Waals surface area (Å²) >= 11 is 0. The number of hydrogen-bond donors (Lipinski definition) is 1. The first-order chi connectivity index (χ1) is 5.88. The van der Waals surface area contributed by atoms with E-state index in [0.29, 0.717) is 6.04 Å². The maximum atomic E-state index is 5.31. The second-order valence-corrected chi connectivity index (χ2v) is 3.27. The van der Waals surface area contributed by atoms with Crippen LogP contribution in [-0.2, 0) is 4.74 Å². The molecule has 1 aliphatic rings. The predicted octanol–water partition coefficient (Wildman–Crippen LogP) is 0.317. The highest BCUT2D eigenvalue weighted by Crippen LogP contribution is 2.06. The topological polar surface area (TPSA) is 24.5 Å². The number of nitrogens with zero attached hydrogens (tertiary/aromatic N) is 1. The van der Waals surface area contributed by atoms with E-state index in [4.69, 9.17) is 4.74 Å². The zero-order valence-corrected chi connectivity index (χ0v) is 8.18. The number of rotatable bonds is 4. The lowest BCUT2D eigenvalue weighted by Crippen LogP contribution is -2.47. The summed E-state index contributed by atoms with van der Waals surface area (Å²) in [6, 6.07) is 0.693. The smallest absolute Gasteiger partial charge is 0.0594 e. The molecule has 0 spiro atoms. The fraction of sp³-hybridized carbons (Fsp3) is 1.00. The van der Waals surface area contributed by atoms with Crippen LogP contribution in [0.25, 0.3) is 0 Å². The molecule has 1 heterocycles. The summed E-state index contributed by atoms with van der Waals surface area (Å²) in [6.07, 6.45) is 1.22. The highest BCUT2D eigenvalue weighted by molar-refractivity contribution is 4.73. The summed E-state index contributed by atoms with van der Waals surface area (Å²) in [5.41, 5.74) is 0. The third kappa shape index (κ3) is 2.73. The van der Waals surface area contributed by atoms with E-state index in [2.05, 4.69) is 17.1 Å². The largest absolute Gasteiger partial charge is 0.379 e. The molecule has 3 nitrogen and oxygen atoms in total. The molecule has 0 saturated carbocycles. The Kier molecular flexibility index (Phi) is 4.58. The first-order valence-electron chi connectivity index (χ1n) is 4.85. The number of likely N-dealkylation sites (N-methyl/N-ethyl adjacent to an activating group) is 1. The van der Waals surface area contributed by atoms with Crippen molar-refractivity contribution in [2.24, 2.45) is 0 Å². The maximum absolute atomic E-state index is 5.31. The van der Waals surface area contributed by atoms with Crippen LogP contribution in [0.5, 0.6) is 0 Å². The molecule has 0 bridgehead atoms. The first-order valence-corrected chi connectivity index (χ1v) is 4.85. The highest BCUT2D eigenvalue weighted by atomic mass is 16.5. The van der Waals surface area contributed by atoms with Gasteiger partial charge in [0.25, 0.3) is 0 Å². The van der Waals surface area contributed by atoms with Crippen molar-refractivity contribution in [2.45, 2.75) is 19.4 Å². The lowest BCUT2D eigenvalue weighted by Gasteiger charge is -2.33. The molecule has 0 aromatic carbocycles. The fourth-order valence-electron chi connectivity index (χ4n) is 1.71. The third-order valence-electron chi connectivity index (χ3n) is 2.47. The SMILES string of the molecule is CCC(CNC)N1CCOCC1. The summed E-state index contributed by atoms with van der Waals surface area (Å²) < 4.78 is 5.31. The summed E-state index contributed by atoms with van der Waals surface area (Å²) in [5, 5.41) is 3.23. The van der Waals surface area contributed by atoms with Crippen LogP contribution in [0.1, 0.15) is 13.3 Å². The normalized spacial score (nSPS) is 22.5. The van der Waals surface area contributed by atoms with Crippen molar-refractivity contribution in [3.63, 3.8) is 0 Å². The quantitative estimate of drug-likeness (QED) is 0.661. The molecule has 0 amide bonds. The monoisotopic (exact) mass is 172 g/mol. The van der Waals surface area contributed by atoms with E-state index in [0.717, 1.165) is 32.8 Å². The lowest BCUT2D eigenvalue weighted by atomic mass is 10.2. The van der Waals surface area contributed by atoms with Gasteiger partial charge in [0, 0.05) is 25.7 Å². The predicted molar refractivity (Wildman–Crippen MR) is 50.4 cm³/mol. The molecule has 0 aromatic rings. The Balaban J connectivity index is 2.29. The van der Waals surface area contributed by atoms with Crippen LogP contribution in [0.4, 0.5) is 0 Å². The van der Waals surface area contributed by atoms with Gasteiger partial charge in [-0.1, -0.05) is 6.92 Å². The minimum absolute atomic E-state index is 0.693. The van der Waals surface area contributed by atoms with Crippen LogP contribution in [-0.4, -0.2) is 50.8 Å². The second-order valence-electron chi connectivity index (χ2n) is 3.27. The Morgan fingerprint density at radius 3 is 2.58 bits per heavy atom. The molecule has 72 valence electrons. The Hall–Kier alpha value is -0.120. The van der Waals surface area contributed by atoms with E-state index in [-0.39, 0.29) is 0 Å². The van der Waals surface area contributed by atoms with Gasteiger partial charge in [0.15, 0.2) is 0 Å². The van der Waals surface area contributed by atoms with Crippen molar-refractivity contribution in [1.29, 1.82) is 0 Å². The molecular formula is C9H20N2O. The molecule has 1 aliphatic heterocycles. The van der Waals surface area contributed by atoms with E-state index >= 15 is 0 Å². The van der Waals surface area contributed by atoms with Gasteiger partial charge in [-0.05, 0) is 13.5 Å². The Morgan fingerprint density at radius 2 is 2.08 bits per heavy atom. The maximum Gasteiger partial charge on any atom is 0.0594 e. The standard InChI is InChI=1S/C9H20N2O/c1-3-9(8-10-2)11-4-6-12-7-5-11/h9-10H,3-8H2,1-2H3. The van der Waals surface area contributed by atoms with E-state index in [1.165, 1.54) is 6.42 Å². The second kappa shape index (κ2) is 5.51. The number of nitrogens with one attached hydrogen (secondary N) is 1. The van der Waals surface area contributed by atoms with Crippen LogP contribution in [0.15, 0.2) is 0 Å². The van der Waals surface area contributed by atoms with E-state index in [1.807, 2.05) is 7.05 Å². The van der Waals surface area contributed by atoms with Gasteiger partial charge in [-0.3, -0.25) is 4.90 Å². The minimum Gasteiger partial charge on any atom is -0.379 e. The molecule has 1 fully saturated rings. The lowest BCUT2D eigenvalue weighted by molar-refractivity contribution is 0.0163. The highest BCUT2D eigenvalue weighted by Gasteiger charge is 2.17. The molecule has 1 rings (SSSR count). The van der Waals surface area contributed by atoms with Crippen molar-refractivity contribution in [3.05, 3.63) is 0 Å². The van der Waals surface area contributed by atoms with Gasteiger partial charge in [-0.2, -0.15) is 0 Å². The molecule has 0 aliphatic carbocycles. The Bertz CT molecular complexity index is 110. The fourth-order valence-corrected chi connectivity index (χ4v) is 1.71. The van der Waals surface area contributed by atoms with Gasteiger partial charge < -0.3 is 10.1 Å². The number of ether oxygens (including phenoxy) is 1. The molecule has 3 heteroatoms. The van der Waals surface area contributed by atoms with Crippen LogP contribution < -0.4 is 5.32 Å². The van der Waals surface area contributed by atoms with Gasteiger partial charge in [0.05, 0.1) is 13.2 Å². The average molecular weight is 172 g/mol. The van der Waals surface area contributed by atoms with Crippen molar-refractivity contribution in [3.8, 4) is 0 Å². The van der Waals surface area contributed by atoms with Crippen LogP contribution >= 0.6 is 0 Å². The van der Waals surface area contributed by atoms with E-state index in [1.54, 1.807) is 0 Å². The molecule has 12 heavy (non-hydrogen) atoms. The zero-order valence-electron chi connectivity index (χ0n) is 8.18. The van der Waals surface area contributed by atoms with Crippen molar-refractivity contribution in [1.82, 2.24) is 10.2 Å². The number of morpholine rings is 1. The van der Waals surface area contributed by atoms with Crippen LogP contribution in [0, 0.1) is 0 Å². The van der Waals surface area contributed by atoms with Gasteiger partial charge in [-0.15, -0.1) is 0 Å². The van der Waals surface area contributed by atoms with Crippen molar-refractivity contribution in [2.75, 3.05) is 39.9 Å². The van der Waals surface area contributed by atoms with Gasteiger partial charge in [0.2, 0.25) is 0 Å².